The summed E-state index contributed by atoms with van der Waals surface area (Å²) < 4.78 is 24.2. The first-order valence-electron chi connectivity index (χ1n) is 7.93. The van der Waals surface area contributed by atoms with Crippen molar-refractivity contribution in [3.63, 3.8) is 0 Å². The topological polar surface area (TPSA) is 62.0 Å². The highest BCUT2D eigenvalue weighted by molar-refractivity contribution is 5.72. The highest BCUT2D eigenvalue weighted by Crippen LogP contribution is 2.17. The molecule has 0 saturated carbocycles. The molecule has 0 spiro atoms. The molecule has 1 aromatic carbocycles. The summed E-state index contributed by atoms with van der Waals surface area (Å²) in [7, 11) is 0. The Hall–Kier alpha value is -1.54. The zero-order valence-corrected chi connectivity index (χ0v) is 13.1. The molecule has 23 heavy (non-hydrogen) atoms. The standard InChI is InChI=1S/C16H22FN3O3/c17-13-1-2-14-15(11-13)23-16(18-14)12-20(5-8-21)4-3-19-6-9-22-10-7-19/h1-2,11,21H,3-10,12H2. The number of morpholine rings is 1. The number of aromatic nitrogens is 1. The van der Waals surface area contributed by atoms with Crippen LogP contribution in [0.5, 0.6) is 0 Å². The van der Waals surface area contributed by atoms with Gasteiger partial charge in [-0.05, 0) is 12.1 Å². The summed E-state index contributed by atoms with van der Waals surface area (Å²) in [5.74, 6) is 0.209. The molecule has 1 N–H and O–H groups in total. The molecule has 2 heterocycles. The fourth-order valence-corrected chi connectivity index (χ4v) is 2.72. The number of halogens is 1. The van der Waals surface area contributed by atoms with Crippen LogP contribution in [0.3, 0.4) is 0 Å². The van der Waals surface area contributed by atoms with Crippen molar-refractivity contribution in [2.45, 2.75) is 6.54 Å². The second-order valence-electron chi connectivity index (χ2n) is 5.67. The van der Waals surface area contributed by atoms with Gasteiger partial charge in [-0.15, -0.1) is 0 Å². The zero-order chi connectivity index (χ0) is 16.1. The van der Waals surface area contributed by atoms with Gasteiger partial charge in [-0.2, -0.15) is 0 Å². The number of ether oxygens (including phenoxy) is 1. The van der Waals surface area contributed by atoms with Crippen molar-refractivity contribution in [1.29, 1.82) is 0 Å². The van der Waals surface area contributed by atoms with Gasteiger partial charge < -0.3 is 14.3 Å². The van der Waals surface area contributed by atoms with Crippen LogP contribution in [0.4, 0.5) is 4.39 Å². The number of aliphatic hydroxyl groups is 1. The van der Waals surface area contributed by atoms with E-state index in [0.717, 1.165) is 39.4 Å². The summed E-state index contributed by atoms with van der Waals surface area (Å²) in [5, 5.41) is 9.25. The van der Waals surface area contributed by atoms with E-state index in [4.69, 9.17) is 9.15 Å². The van der Waals surface area contributed by atoms with Crippen LogP contribution in [0.1, 0.15) is 5.89 Å². The lowest BCUT2D eigenvalue weighted by atomic mass is 10.3. The molecule has 7 heteroatoms. The van der Waals surface area contributed by atoms with E-state index in [1.54, 1.807) is 6.07 Å². The molecular weight excluding hydrogens is 301 g/mol. The summed E-state index contributed by atoms with van der Waals surface area (Å²) in [6.45, 7) is 6.29. The molecule has 3 rings (SSSR count). The van der Waals surface area contributed by atoms with Crippen molar-refractivity contribution < 1.29 is 18.7 Å². The van der Waals surface area contributed by atoms with Crippen LogP contribution < -0.4 is 0 Å². The molecule has 0 radical (unpaired) electrons. The van der Waals surface area contributed by atoms with Crippen molar-refractivity contribution in [2.75, 3.05) is 52.5 Å². The van der Waals surface area contributed by atoms with Crippen LogP contribution in [0.25, 0.3) is 11.1 Å². The van der Waals surface area contributed by atoms with Crippen molar-refractivity contribution >= 4 is 11.1 Å². The highest BCUT2D eigenvalue weighted by Gasteiger charge is 2.15. The van der Waals surface area contributed by atoms with Gasteiger partial charge in [0.25, 0.3) is 0 Å². The molecule has 0 amide bonds. The largest absolute Gasteiger partial charge is 0.439 e. The van der Waals surface area contributed by atoms with Crippen molar-refractivity contribution in [2.24, 2.45) is 0 Å². The van der Waals surface area contributed by atoms with E-state index in [2.05, 4.69) is 14.8 Å². The fourth-order valence-electron chi connectivity index (χ4n) is 2.72. The van der Waals surface area contributed by atoms with E-state index in [0.29, 0.717) is 30.1 Å². The SMILES string of the molecule is OCCN(CCN1CCOCC1)Cc1nc2ccc(F)cc2o1. The van der Waals surface area contributed by atoms with Gasteiger partial charge in [0.05, 0.1) is 26.4 Å². The van der Waals surface area contributed by atoms with Crippen LogP contribution in [0, 0.1) is 5.82 Å². The summed E-state index contributed by atoms with van der Waals surface area (Å²) in [5.41, 5.74) is 1.11. The third-order valence-electron chi connectivity index (χ3n) is 4.01. The van der Waals surface area contributed by atoms with Crippen molar-refractivity contribution in [3.05, 3.63) is 29.9 Å². The van der Waals surface area contributed by atoms with Gasteiger partial charge in [0.1, 0.15) is 11.3 Å². The number of rotatable bonds is 7. The smallest absolute Gasteiger partial charge is 0.209 e. The molecule has 6 nitrogen and oxygen atoms in total. The molecular formula is C16H22FN3O3. The summed E-state index contributed by atoms with van der Waals surface area (Å²) >= 11 is 0. The lowest BCUT2D eigenvalue weighted by molar-refractivity contribution is 0.0315. The van der Waals surface area contributed by atoms with Crippen LogP contribution in [-0.2, 0) is 11.3 Å². The predicted molar refractivity (Wildman–Crippen MR) is 83.6 cm³/mol. The van der Waals surface area contributed by atoms with E-state index in [1.165, 1.54) is 12.1 Å². The number of hydrogen-bond donors (Lipinski definition) is 1. The molecule has 2 aromatic rings. The number of benzene rings is 1. The van der Waals surface area contributed by atoms with Gasteiger partial charge in [-0.1, -0.05) is 0 Å². The second kappa shape index (κ2) is 7.83. The van der Waals surface area contributed by atoms with Gasteiger partial charge >= 0.3 is 0 Å². The van der Waals surface area contributed by atoms with Gasteiger partial charge in [0, 0.05) is 38.8 Å². The molecule has 1 saturated heterocycles. The Kier molecular flexibility index (Phi) is 5.56. The number of hydrogen-bond acceptors (Lipinski definition) is 6. The summed E-state index contributed by atoms with van der Waals surface area (Å²) in [6.07, 6.45) is 0. The Morgan fingerprint density at radius 3 is 2.87 bits per heavy atom. The van der Waals surface area contributed by atoms with Crippen molar-refractivity contribution in [3.8, 4) is 0 Å². The first-order valence-corrected chi connectivity index (χ1v) is 7.93. The van der Waals surface area contributed by atoms with Crippen LogP contribution >= 0.6 is 0 Å². The molecule has 0 aliphatic carbocycles. The number of oxazole rings is 1. The predicted octanol–water partition coefficient (Wildman–Crippen LogP) is 1.09. The van der Waals surface area contributed by atoms with E-state index in [9.17, 15) is 9.50 Å². The third-order valence-corrected chi connectivity index (χ3v) is 4.01. The molecule has 126 valence electrons. The van der Waals surface area contributed by atoms with E-state index in [-0.39, 0.29) is 12.4 Å². The lowest BCUT2D eigenvalue weighted by Crippen LogP contribution is -2.41. The number of fused-ring (bicyclic) bond motifs is 1. The van der Waals surface area contributed by atoms with Crippen molar-refractivity contribution in [1.82, 2.24) is 14.8 Å². The zero-order valence-electron chi connectivity index (χ0n) is 13.1. The summed E-state index contributed by atoms with van der Waals surface area (Å²) in [4.78, 5) is 8.82. The van der Waals surface area contributed by atoms with Gasteiger partial charge in [-0.25, -0.2) is 9.37 Å². The maximum Gasteiger partial charge on any atom is 0.209 e. The van der Waals surface area contributed by atoms with Crippen LogP contribution in [0.2, 0.25) is 0 Å². The first kappa shape index (κ1) is 16.3. The lowest BCUT2D eigenvalue weighted by Gasteiger charge is -2.29. The molecule has 1 fully saturated rings. The molecule has 0 atom stereocenters. The van der Waals surface area contributed by atoms with E-state index >= 15 is 0 Å². The third kappa shape index (κ3) is 4.48. The Balaban J connectivity index is 1.60. The Bertz CT molecular complexity index is 628. The van der Waals surface area contributed by atoms with Crippen LogP contribution in [0.15, 0.2) is 22.6 Å². The molecule has 0 bridgehead atoms. The molecule has 1 aromatic heterocycles. The molecule has 0 unspecified atom stereocenters. The Morgan fingerprint density at radius 1 is 1.26 bits per heavy atom. The number of nitrogens with zero attached hydrogens (tertiary/aromatic N) is 3. The quantitative estimate of drug-likeness (QED) is 0.823. The first-order chi connectivity index (χ1) is 11.2. The minimum absolute atomic E-state index is 0.0813. The van der Waals surface area contributed by atoms with Crippen LogP contribution in [-0.4, -0.2) is 72.4 Å². The highest BCUT2D eigenvalue weighted by atomic mass is 19.1. The Labute approximate surface area is 134 Å². The minimum atomic E-state index is -0.334. The summed E-state index contributed by atoms with van der Waals surface area (Å²) in [6, 6.07) is 4.33. The maximum atomic E-state index is 13.2. The van der Waals surface area contributed by atoms with Gasteiger partial charge in [0.2, 0.25) is 5.89 Å². The fraction of sp³-hybridized carbons (Fsp3) is 0.562. The monoisotopic (exact) mass is 323 g/mol. The van der Waals surface area contributed by atoms with Gasteiger partial charge in [0.15, 0.2) is 5.58 Å². The average molecular weight is 323 g/mol. The normalized spacial score (nSPS) is 16.5. The van der Waals surface area contributed by atoms with E-state index in [1.807, 2.05) is 0 Å². The molecule has 1 aliphatic heterocycles. The van der Waals surface area contributed by atoms with E-state index < -0.39 is 0 Å². The minimum Gasteiger partial charge on any atom is -0.439 e. The maximum absolute atomic E-state index is 13.2. The Morgan fingerprint density at radius 2 is 2.09 bits per heavy atom. The van der Waals surface area contributed by atoms with Gasteiger partial charge in [-0.3, -0.25) is 9.80 Å². The second-order valence-corrected chi connectivity index (χ2v) is 5.67. The average Bonchev–Trinajstić information content (AvgIpc) is 2.95. The number of aliphatic hydroxyl groups excluding tert-OH is 1. The molecule has 1 aliphatic rings.